The first-order valence-electron chi connectivity index (χ1n) is 5.04. The highest BCUT2D eigenvalue weighted by Gasteiger charge is 1.94. The number of allylic oxidation sites excluding steroid dienone is 2. The van der Waals surface area contributed by atoms with E-state index in [4.69, 9.17) is 0 Å². The smallest absolute Gasteiger partial charge is 0.0901 e. The lowest BCUT2D eigenvalue weighted by Gasteiger charge is -2.11. The number of aromatic nitrogens is 1. The van der Waals surface area contributed by atoms with Crippen LogP contribution in [0.3, 0.4) is 0 Å². The Morgan fingerprint density at radius 3 is 2.93 bits per heavy atom. The van der Waals surface area contributed by atoms with Crippen LogP contribution in [0.2, 0.25) is 0 Å². The predicted octanol–water partition coefficient (Wildman–Crippen LogP) is 1.22. The first kappa shape index (κ1) is 11.4. The van der Waals surface area contributed by atoms with Crippen LogP contribution in [0.5, 0.6) is 0 Å². The molecule has 0 saturated carbocycles. The van der Waals surface area contributed by atoms with Crippen LogP contribution in [0.15, 0.2) is 31.0 Å². The molecule has 0 aliphatic carbocycles. The molecule has 2 heteroatoms. The van der Waals surface area contributed by atoms with Crippen molar-refractivity contribution in [2.45, 2.75) is 13.3 Å². The lowest BCUT2D eigenvalue weighted by atomic mass is 10.3. The van der Waals surface area contributed by atoms with E-state index in [9.17, 15) is 0 Å². The van der Waals surface area contributed by atoms with Gasteiger partial charge in [0, 0.05) is 31.2 Å². The van der Waals surface area contributed by atoms with Crippen molar-refractivity contribution in [2.24, 2.45) is 0 Å². The second-order valence-corrected chi connectivity index (χ2v) is 3.62. The molecule has 1 rings (SSSR count). The molecule has 0 aromatic carbocycles. The standard InChI is InChI=1S/C13H18N2/c1-5-6-7-8-13-12(9-10-14-13)11(2)15(3)4/h5,7,9-10,14H,1,6H2,2-4H3/b12-11+. The average molecular weight is 202 g/mol. The van der Waals surface area contributed by atoms with Gasteiger partial charge in [-0.25, -0.2) is 0 Å². The van der Waals surface area contributed by atoms with Gasteiger partial charge in [0.1, 0.15) is 0 Å². The summed E-state index contributed by atoms with van der Waals surface area (Å²) in [5.41, 5.74) is 4.46. The number of rotatable bonds is 3. The highest BCUT2D eigenvalue weighted by atomic mass is 15.1. The molecule has 0 bridgehead atoms. The van der Waals surface area contributed by atoms with Crippen LogP contribution in [0.1, 0.15) is 13.3 Å². The summed E-state index contributed by atoms with van der Waals surface area (Å²) in [5, 5.41) is 2.23. The molecule has 15 heavy (non-hydrogen) atoms. The van der Waals surface area contributed by atoms with Gasteiger partial charge in [-0.05, 0) is 25.5 Å². The Labute approximate surface area is 90.9 Å². The van der Waals surface area contributed by atoms with Crippen molar-refractivity contribution in [3.63, 3.8) is 0 Å². The highest BCUT2D eigenvalue weighted by Crippen LogP contribution is 1.91. The molecule has 1 N–H and O–H groups in total. The van der Waals surface area contributed by atoms with Gasteiger partial charge >= 0.3 is 0 Å². The summed E-state index contributed by atoms with van der Waals surface area (Å²) >= 11 is 0. The molecule has 0 spiro atoms. The van der Waals surface area contributed by atoms with Crippen LogP contribution in [0.25, 0.3) is 11.4 Å². The summed E-state index contributed by atoms with van der Waals surface area (Å²) in [6.45, 7) is 5.77. The SMILES string of the molecule is C=CCC=C=c1[nH]cc/c1=C(/C)N(C)C. The lowest BCUT2D eigenvalue weighted by Crippen LogP contribution is -2.28. The zero-order valence-corrected chi connectivity index (χ0v) is 9.67. The van der Waals surface area contributed by atoms with E-state index in [0.29, 0.717) is 0 Å². The zero-order valence-electron chi connectivity index (χ0n) is 9.67. The molecule has 0 fully saturated rings. The van der Waals surface area contributed by atoms with Gasteiger partial charge in [-0.2, -0.15) is 0 Å². The Balaban J connectivity index is 3.35. The van der Waals surface area contributed by atoms with Gasteiger partial charge in [-0.15, -0.1) is 6.58 Å². The second-order valence-electron chi connectivity index (χ2n) is 3.62. The van der Waals surface area contributed by atoms with E-state index in [1.807, 2.05) is 32.4 Å². The van der Waals surface area contributed by atoms with Gasteiger partial charge in [0.05, 0.1) is 5.35 Å². The molecular formula is C13H18N2. The number of aromatic amines is 1. The summed E-state index contributed by atoms with van der Waals surface area (Å²) in [6.07, 6.45) is 6.62. The minimum Gasteiger partial charge on any atom is -0.381 e. The first-order valence-corrected chi connectivity index (χ1v) is 5.04. The lowest BCUT2D eigenvalue weighted by molar-refractivity contribution is 0.581. The first-order chi connectivity index (χ1) is 7.16. The van der Waals surface area contributed by atoms with Gasteiger partial charge in [-0.1, -0.05) is 11.8 Å². The molecule has 0 radical (unpaired) electrons. The Hall–Kier alpha value is -1.66. The van der Waals surface area contributed by atoms with Gasteiger partial charge < -0.3 is 9.88 Å². The number of nitrogens with zero attached hydrogens (tertiary/aromatic N) is 1. The van der Waals surface area contributed by atoms with Crippen LogP contribution in [-0.4, -0.2) is 24.0 Å². The van der Waals surface area contributed by atoms with Crippen LogP contribution in [0.4, 0.5) is 0 Å². The third-order valence-electron chi connectivity index (χ3n) is 2.34. The average Bonchev–Trinajstić information content (AvgIpc) is 2.65. The van der Waals surface area contributed by atoms with E-state index >= 15 is 0 Å². The fourth-order valence-corrected chi connectivity index (χ4v) is 1.28. The fourth-order valence-electron chi connectivity index (χ4n) is 1.28. The maximum absolute atomic E-state index is 3.67. The summed E-state index contributed by atoms with van der Waals surface area (Å²) in [7, 11) is 4.08. The maximum atomic E-state index is 3.67. The molecule has 0 saturated heterocycles. The third kappa shape index (κ3) is 2.90. The largest absolute Gasteiger partial charge is 0.381 e. The molecule has 0 atom stereocenters. The fraction of sp³-hybridized carbons (Fsp3) is 0.308. The summed E-state index contributed by atoms with van der Waals surface area (Å²) in [6, 6.07) is 2.07. The monoisotopic (exact) mass is 202 g/mol. The van der Waals surface area contributed by atoms with Gasteiger partial charge in [0.15, 0.2) is 0 Å². The van der Waals surface area contributed by atoms with Crippen LogP contribution >= 0.6 is 0 Å². The van der Waals surface area contributed by atoms with Gasteiger partial charge in [0.25, 0.3) is 0 Å². The van der Waals surface area contributed by atoms with Crippen molar-refractivity contribution in [2.75, 3.05) is 14.1 Å². The van der Waals surface area contributed by atoms with Crippen LogP contribution in [0, 0.1) is 0 Å². The van der Waals surface area contributed by atoms with E-state index in [0.717, 1.165) is 11.8 Å². The van der Waals surface area contributed by atoms with Crippen LogP contribution in [-0.2, 0) is 0 Å². The van der Waals surface area contributed by atoms with E-state index in [1.54, 1.807) is 0 Å². The van der Waals surface area contributed by atoms with Gasteiger partial charge in [0.2, 0.25) is 0 Å². The van der Waals surface area contributed by atoms with E-state index in [-0.39, 0.29) is 0 Å². The van der Waals surface area contributed by atoms with Crippen LogP contribution < -0.4 is 10.6 Å². The van der Waals surface area contributed by atoms with Gasteiger partial charge in [-0.3, -0.25) is 0 Å². The normalized spacial score (nSPS) is 11.7. The number of nitrogens with one attached hydrogen (secondary N) is 1. The van der Waals surface area contributed by atoms with Crippen molar-refractivity contribution < 1.29 is 0 Å². The molecule has 0 amide bonds. The molecular weight excluding hydrogens is 184 g/mol. The minimum absolute atomic E-state index is 0.847. The zero-order chi connectivity index (χ0) is 11.3. The van der Waals surface area contributed by atoms with Crippen molar-refractivity contribution in [1.82, 2.24) is 9.88 Å². The van der Waals surface area contributed by atoms with Crippen molar-refractivity contribution in [3.8, 4) is 0 Å². The Kier molecular flexibility index (Phi) is 4.02. The molecule has 1 heterocycles. The molecule has 1 aromatic rings. The van der Waals surface area contributed by atoms with E-state index < -0.39 is 0 Å². The Morgan fingerprint density at radius 1 is 1.60 bits per heavy atom. The van der Waals surface area contributed by atoms with E-state index in [1.165, 1.54) is 10.9 Å². The molecule has 0 aliphatic heterocycles. The van der Waals surface area contributed by atoms with E-state index in [2.05, 4.69) is 35.2 Å². The molecule has 0 unspecified atom stereocenters. The van der Waals surface area contributed by atoms with Crippen molar-refractivity contribution in [3.05, 3.63) is 41.6 Å². The minimum atomic E-state index is 0.847. The summed E-state index contributed by atoms with van der Waals surface area (Å²) in [4.78, 5) is 5.28. The number of hydrogen-bond donors (Lipinski definition) is 1. The maximum Gasteiger partial charge on any atom is 0.0901 e. The topological polar surface area (TPSA) is 19.0 Å². The Morgan fingerprint density at radius 2 is 2.33 bits per heavy atom. The quantitative estimate of drug-likeness (QED) is 0.730. The predicted molar refractivity (Wildman–Crippen MR) is 65.6 cm³/mol. The molecule has 0 aliphatic rings. The molecule has 1 aromatic heterocycles. The molecule has 80 valence electrons. The number of hydrogen-bond acceptors (Lipinski definition) is 1. The van der Waals surface area contributed by atoms with Crippen molar-refractivity contribution in [1.29, 1.82) is 0 Å². The summed E-state index contributed by atoms with van der Waals surface area (Å²) in [5.74, 6) is 0. The second kappa shape index (κ2) is 5.28. The number of H-pyrrole nitrogens is 1. The Bertz CT molecular complexity index is 471. The molecule has 2 nitrogen and oxygen atoms in total. The summed E-state index contributed by atoms with van der Waals surface area (Å²) < 4.78 is 0. The highest BCUT2D eigenvalue weighted by molar-refractivity contribution is 5.40. The third-order valence-corrected chi connectivity index (χ3v) is 2.34. The van der Waals surface area contributed by atoms with Crippen molar-refractivity contribution >= 4 is 11.4 Å².